The lowest BCUT2D eigenvalue weighted by molar-refractivity contribution is 0.768. The normalized spacial score (nSPS) is 10.7. The topological polar surface area (TPSA) is 79.4 Å². The van der Waals surface area contributed by atoms with Gasteiger partial charge in [-0.2, -0.15) is 10.2 Å². The number of nitrogens with one attached hydrogen (secondary N) is 2. The van der Waals surface area contributed by atoms with Gasteiger partial charge < -0.3 is 4.98 Å². The summed E-state index contributed by atoms with van der Waals surface area (Å²) in [7, 11) is 1.87. The van der Waals surface area contributed by atoms with Crippen LogP contribution in [0.2, 0.25) is 0 Å². The number of rotatable bonds is 1. The summed E-state index contributed by atoms with van der Waals surface area (Å²) < 4.78 is 1.74. The zero-order valence-electron chi connectivity index (χ0n) is 12.7. The maximum atomic E-state index is 11.4. The first-order valence-corrected chi connectivity index (χ1v) is 7.21. The minimum absolute atomic E-state index is 0.108. The molecular weight excluding hydrogens is 278 g/mol. The number of fused-ring (bicyclic) bond motifs is 2. The van der Waals surface area contributed by atoms with E-state index >= 15 is 0 Å². The fourth-order valence-electron chi connectivity index (χ4n) is 2.43. The third kappa shape index (κ3) is 2.28. The first-order chi connectivity index (χ1) is 10.7. The van der Waals surface area contributed by atoms with Gasteiger partial charge in [0, 0.05) is 30.3 Å². The number of aromatic amines is 2. The maximum absolute atomic E-state index is 11.4. The molecule has 112 valence electrons. The van der Waals surface area contributed by atoms with Gasteiger partial charge in [0.15, 0.2) is 0 Å². The standard InChI is InChI=1S/C14H11N5O.C2H6/c1-19-7-9(6-15-19)14-10-4-8-2-3-13(20)16-11(8)5-12(10)17-18-14;1-2/h2-7H,1H3,(H,16,20)(H,17,18);1-2H3. The summed E-state index contributed by atoms with van der Waals surface area (Å²) in [5.41, 5.74) is 3.40. The van der Waals surface area contributed by atoms with Crippen LogP contribution in [0.5, 0.6) is 0 Å². The summed E-state index contributed by atoms with van der Waals surface area (Å²) in [6.07, 6.45) is 3.71. The molecule has 0 unspecified atom stereocenters. The van der Waals surface area contributed by atoms with Crippen LogP contribution in [0.15, 0.2) is 41.5 Å². The Kier molecular flexibility index (Phi) is 3.50. The molecule has 3 heterocycles. The molecule has 22 heavy (non-hydrogen) atoms. The number of aromatic nitrogens is 5. The van der Waals surface area contributed by atoms with Gasteiger partial charge in [-0.25, -0.2) is 0 Å². The van der Waals surface area contributed by atoms with Crippen molar-refractivity contribution in [2.45, 2.75) is 13.8 Å². The third-order valence-corrected chi connectivity index (χ3v) is 3.38. The van der Waals surface area contributed by atoms with Crippen LogP contribution >= 0.6 is 0 Å². The summed E-state index contributed by atoms with van der Waals surface area (Å²) in [5.74, 6) is 0. The van der Waals surface area contributed by atoms with Crippen molar-refractivity contribution in [2.75, 3.05) is 0 Å². The van der Waals surface area contributed by atoms with Crippen molar-refractivity contribution in [3.8, 4) is 11.3 Å². The summed E-state index contributed by atoms with van der Waals surface area (Å²) in [6.45, 7) is 4.00. The molecule has 0 saturated heterocycles. The Morgan fingerprint density at radius 2 is 1.95 bits per heavy atom. The molecule has 4 aromatic rings. The molecular formula is C16H17N5O. The maximum Gasteiger partial charge on any atom is 0.248 e. The molecule has 1 aromatic carbocycles. The molecule has 0 aliphatic rings. The molecule has 0 aliphatic carbocycles. The summed E-state index contributed by atoms with van der Waals surface area (Å²) in [4.78, 5) is 14.2. The Labute approximate surface area is 126 Å². The highest BCUT2D eigenvalue weighted by molar-refractivity contribution is 6.01. The van der Waals surface area contributed by atoms with E-state index in [0.717, 1.165) is 33.1 Å². The van der Waals surface area contributed by atoms with E-state index in [4.69, 9.17) is 0 Å². The Hall–Kier alpha value is -2.89. The summed E-state index contributed by atoms with van der Waals surface area (Å²) in [6, 6.07) is 7.26. The fourth-order valence-corrected chi connectivity index (χ4v) is 2.43. The zero-order valence-corrected chi connectivity index (χ0v) is 12.7. The monoisotopic (exact) mass is 295 g/mol. The highest BCUT2D eigenvalue weighted by atomic mass is 16.1. The van der Waals surface area contributed by atoms with E-state index in [2.05, 4.69) is 20.3 Å². The fraction of sp³-hybridized carbons (Fsp3) is 0.188. The largest absolute Gasteiger partial charge is 0.322 e. The molecule has 0 atom stereocenters. The average molecular weight is 295 g/mol. The van der Waals surface area contributed by atoms with Crippen molar-refractivity contribution in [2.24, 2.45) is 7.05 Å². The Morgan fingerprint density at radius 3 is 2.68 bits per heavy atom. The van der Waals surface area contributed by atoms with Crippen LogP contribution in [0, 0.1) is 0 Å². The van der Waals surface area contributed by atoms with Gasteiger partial charge in [-0.1, -0.05) is 13.8 Å². The van der Waals surface area contributed by atoms with Gasteiger partial charge in [0.25, 0.3) is 0 Å². The van der Waals surface area contributed by atoms with Gasteiger partial charge in [0.1, 0.15) is 5.69 Å². The van der Waals surface area contributed by atoms with Crippen LogP contribution in [0.25, 0.3) is 33.1 Å². The van der Waals surface area contributed by atoms with E-state index in [9.17, 15) is 4.79 Å². The van der Waals surface area contributed by atoms with Crippen molar-refractivity contribution >= 4 is 21.8 Å². The van der Waals surface area contributed by atoms with Gasteiger partial charge in [-0.3, -0.25) is 14.6 Å². The van der Waals surface area contributed by atoms with Gasteiger partial charge in [-0.15, -0.1) is 0 Å². The van der Waals surface area contributed by atoms with Crippen LogP contribution in [0.4, 0.5) is 0 Å². The minimum atomic E-state index is -0.108. The van der Waals surface area contributed by atoms with Crippen LogP contribution in [0.1, 0.15) is 13.8 Å². The summed E-state index contributed by atoms with van der Waals surface area (Å²) in [5, 5.41) is 13.5. The molecule has 6 nitrogen and oxygen atoms in total. The average Bonchev–Trinajstić information content (AvgIpc) is 3.12. The first kappa shape index (κ1) is 14.1. The van der Waals surface area contributed by atoms with Crippen molar-refractivity contribution < 1.29 is 0 Å². The van der Waals surface area contributed by atoms with E-state index in [1.807, 2.05) is 45.3 Å². The SMILES string of the molecule is CC.Cn1cc(-c2n[nH]c3cc4[nH]c(=O)ccc4cc23)cn1. The Balaban J connectivity index is 0.000000693. The Bertz CT molecular complexity index is 993. The number of H-pyrrole nitrogens is 2. The lowest BCUT2D eigenvalue weighted by Crippen LogP contribution is -2.01. The molecule has 4 rings (SSSR count). The second-order valence-corrected chi connectivity index (χ2v) is 4.78. The van der Waals surface area contributed by atoms with E-state index in [0.29, 0.717) is 0 Å². The van der Waals surface area contributed by atoms with Crippen LogP contribution in [-0.2, 0) is 7.05 Å². The highest BCUT2D eigenvalue weighted by Crippen LogP contribution is 2.28. The molecule has 6 heteroatoms. The molecule has 0 aliphatic heterocycles. The summed E-state index contributed by atoms with van der Waals surface area (Å²) >= 11 is 0. The van der Waals surface area contributed by atoms with E-state index in [1.54, 1.807) is 10.9 Å². The molecule has 0 fully saturated rings. The molecule has 2 N–H and O–H groups in total. The number of hydrogen-bond acceptors (Lipinski definition) is 3. The molecule has 0 saturated carbocycles. The second-order valence-electron chi connectivity index (χ2n) is 4.78. The quantitative estimate of drug-likeness (QED) is 0.566. The number of benzene rings is 1. The number of nitrogens with zero attached hydrogens (tertiary/aromatic N) is 3. The zero-order chi connectivity index (χ0) is 15.7. The number of pyridine rings is 1. The second kappa shape index (κ2) is 5.48. The molecule has 0 radical (unpaired) electrons. The number of aryl methyl sites for hydroxylation is 1. The third-order valence-electron chi connectivity index (χ3n) is 3.38. The lowest BCUT2D eigenvalue weighted by atomic mass is 10.1. The van der Waals surface area contributed by atoms with Gasteiger partial charge in [-0.05, 0) is 23.6 Å². The molecule has 0 spiro atoms. The Morgan fingerprint density at radius 1 is 1.14 bits per heavy atom. The highest BCUT2D eigenvalue weighted by Gasteiger charge is 2.11. The van der Waals surface area contributed by atoms with Crippen LogP contribution in [-0.4, -0.2) is 25.0 Å². The first-order valence-electron chi connectivity index (χ1n) is 7.21. The van der Waals surface area contributed by atoms with Gasteiger partial charge in [0.2, 0.25) is 5.56 Å². The lowest BCUT2D eigenvalue weighted by Gasteiger charge is -1.98. The predicted octanol–water partition coefficient (Wildman–Crippen LogP) is 2.83. The van der Waals surface area contributed by atoms with Crippen molar-refractivity contribution in [3.63, 3.8) is 0 Å². The predicted molar refractivity (Wildman–Crippen MR) is 87.8 cm³/mol. The minimum Gasteiger partial charge on any atom is -0.322 e. The smallest absolute Gasteiger partial charge is 0.248 e. The van der Waals surface area contributed by atoms with E-state index < -0.39 is 0 Å². The van der Waals surface area contributed by atoms with Crippen molar-refractivity contribution in [1.82, 2.24) is 25.0 Å². The van der Waals surface area contributed by atoms with Crippen molar-refractivity contribution in [1.29, 1.82) is 0 Å². The molecule has 0 amide bonds. The molecule has 3 aromatic heterocycles. The van der Waals surface area contributed by atoms with E-state index in [-0.39, 0.29) is 5.56 Å². The van der Waals surface area contributed by atoms with Gasteiger partial charge >= 0.3 is 0 Å². The van der Waals surface area contributed by atoms with E-state index in [1.165, 1.54) is 6.07 Å². The molecule has 0 bridgehead atoms. The van der Waals surface area contributed by atoms with Gasteiger partial charge in [0.05, 0.1) is 17.2 Å². The van der Waals surface area contributed by atoms with Crippen LogP contribution < -0.4 is 5.56 Å². The van der Waals surface area contributed by atoms with Crippen LogP contribution in [0.3, 0.4) is 0 Å². The number of hydrogen-bond donors (Lipinski definition) is 2. The van der Waals surface area contributed by atoms with Crippen molar-refractivity contribution in [3.05, 3.63) is 47.0 Å².